The molecule has 0 fully saturated rings. The molecule has 106 valence electrons. The molecule has 0 aliphatic rings. The zero-order valence-corrected chi connectivity index (χ0v) is 12.9. The van der Waals surface area contributed by atoms with Gasteiger partial charge in [-0.05, 0) is 32.4 Å². The van der Waals surface area contributed by atoms with Crippen LogP contribution in [0.15, 0.2) is 0 Å². The van der Waals surface area contributed by atoms with E-state index in [2.05, 4.69) is 31.0 Å². The minimum absolute atomic E-state index is 0.0667. The molecule has 0 radical (unpaired) electrons. The summed E-state index contributed by atoms with van der Waals surface area (Å²) in [7, 11) is 1.67. The Morgan fingerprint density at radius 1 is 1.39 bits per heavy atom. The van der Waals surface area contributed by atoms with Crippen LogP contribution < -0.4 is 11.1 Å². The molecule has 0 saturated heterocycles. The lowest BCUT2D eigenvalue weighted by Gasteiger charge is -2.26. The van der Waals surface area contributed by atoms with Crippen LogP contribution in [0.2, 0.25) is 0 Å². The molecule has 4 nitrogen and oxygen atoms in total. The Morgan fingerprint density at radius 2 is 2.00 bits per heavy atom. The van der Waals surface area contributed by atoms with E-state index in [0.717, 1.165) is 32.4 Å². The number of likely N-dealkylation sites (N-methyl/N-ethyl adjacent to an activating group) is 1. The molecule has 0 rings (SSSR count). The Kier molecular flexibility index (Phi) is 8.11. The van der Waals surface area contributed by atoms with Crippen LogP contribution in [0.4, 0.5) is 0 Å². The lowest BCUT2D eigenvalue weighted by atomic mass is 9.88. The average Bonchev–Trinajstić information content (AvgIpc) is 2.28. The molecule has 18 heavy (non-hydrogen) atoms. The van der Waals surface area contributed by atoms with Crippen molar-refractivity contribution in [2.75, 3.05) is 26.7 Å². The van der Waals surface area contributed by atoms with Crippen LogP contribution in [-0.4, -0.2) is 42.5 Å². The molecule has 1 amide bonds. The topological polar surface area (TPSA) is 58.4 Å². The number of thiocarbonyl (C=S) groups is 1. The number of carbonyl (C=O) groups excluding carboxylic acids is 1. The molecule has 5 heteroatoms. The Morgan fingerprint density at radius 3 is 2.44 bits per heavy atom. The summed E-state index contributed by atoms with van der Waals surface area (Å²) in [5.74, 6) is 0.0667. The lowest BCUT2D eigenvalue weighted by molar-refractivity contribution is -0.121. The predicted molar refractivity (Wildman–Crippen MR) is 80.6 cm³/mol. The lowest BCUT2D eigenvalue weighted by Crippen LogP contribution is -2.37. The van der Waals surface area contributed by atoms with Crippen molar-refractivity contribution in [3.05, 3.63) is 0 Å². The van der Waals surface area contributed by atoms with E-state index < -0.39 is 0 Å². The number of nitrogens with one attached hydrogen (secondary N) is 1. The quantitative estimate of drug-likeness (QED) is 0.626. The van der Waals surface area contributed by atoms with E-state index in [1.54, 1.807) is 7.05 Å². The molecular formula is C13H27N3OS. The number of amides is 1. The van der Waals surface area contributed by atoms with Crippen LogP contribution >= 0.6 is 12.2 Å². The zero-order valence-electron chi connectivity index (χ0n) is 12.1. The van der Waals surface area contributed by atoms with Crippen LogP contribution in [0.1, 0.15) is 40.0 Å². The van der Waals surface area contributed by atoms with Gasteiger partial charge in [-0.1, -0.05) is 33.0 Å². The van der Waals surface area contributed by atoms with E-state index >= 15 is 0 Å². The molecular weight excluding hydrogens is 246 g/mol. The zero-order chi connectivity index (χ0) is 14.2. The van der Waals surface area contributed by atoms with Gasteiger partial charge in [-0.3, -0.25) is 9.69 Å². The molecule has 3 N–H and O–H groups in total. The highest BCUT2D eigenvalue weighted by Gasteiger charge is 2.21. The molecule has 0 atom stereocenters. The van der Waals surface area contributed by atoms with Gasteiger partial charge in [-0.25, -0.2) is 0 Å². The molecule has 0 aromatic heterocycles. The number of carbonyl (C=O) groups is 1. The van der Waals surface area contributed by atoms with Gasteiger partial charge in [-0.2, -0.15) is 0 Å². The van der Waals surface area contributed by atoms with Crippen LogP contribution in [0.3, 0.4) is 0 Å². The van der Waals surface area contributed by atoms with Crippen molar-refractivity contribution in [2.45, 2.75) is 40.0 Å². The van der Waals surface area contributed by atoms with E-state index in [1.165, 1.54) is 0 Å². The fourth-order valence-electron chi connectivity index (χ4n) is 1.74. The highest BCUT2D eigenvalue weighted by Crippen LogP contribution is 2.22. The van der Waals surface area contributed by atoms with Crippen molar-refractivity contribution in [3.63, 3.8) is 0 Å². The summed E-state index contributed by atoms with van der Waals surface area (Å²) in [6, 6.07) is 0. The Balaban J connectivity index is 4.11. The molecule has 0 aromatic carbocycles. The third kappa shape index (κ3) is 6.91. The monoisotopic (exact) mass is 273 g/mol. The van der Waals surface area contributed by atoms with Crippen molar-refractivity contribution in [3.8, 4) is 0 Å². The predicted octanol–water partition coefficient (Wildman–Crippen LogP) is 1.54. The normalized spacial score (nSPS) is 11.6. The first-order valence-corrected chi connectivity index (χ1v) is 6.97. The maximum Gasteiger partial charge on any atom is 0.233 e. The SMILES string of the molecule is CCCN(CCCC(C)(C)C(N)=S)CC(=O)NC. The van der Waals surface area contributed by atoms with Gasteiger partial charge in [0.1, 0.15) is 0 Å². The molecule has 0 saturated carbocycles. The van der Waals surface area contributed by atoms with E-state index in [9.17, 15) is 4.79 Å². The third-order valence-corrected chi connectivity index (χ3v) is 3.68. The van der Waals surface area contributed by atoms with Crippen molar-refractivity contribution in [1.29, 1.82) is 0 Å². The summed E-state index contributed by atoms with van der Waals surface area (Å²) < 4.78 is 0. The first-order chi connectivity index (χ1) is 8.33. The second kappa shape index (κ2) is 8.43. The van der Waals surface area contributed by atoms with Crippen LogP contribution in [0, 0.1) is 5.41 Å². The van der Waals surface area contributed by atoms with Crippen molar-refractivity contribution in [2.24, 2.45) is 11.1 Å². The van der Waals surface area contributed by atoms with Gasteiger partial charge >= 0.3 is 0 Å². The van der Waals surface area contributed by atoms with Gasteiger partial charge < -0.3 is 11.1 Å². The number of hydrogen-bond donors (Lipinski definition) is 2. The van der Waals surface area contributed by atoms with E-state index in [-0.39, 0.29) is 11.3 Å². The summed E-state index contributed by atoms with van der Waals surface area (Å²) >= 11 is 5.05. The highest BCUT2D eigenvalue weighted by molar-refractivity contribution is 7.80. The van der Waals surface area contributed by atoms with Gasteiger partial charge in [0.2, 0.25) is 5.91 Å². The van der Waals surface area contributed by atoms with Gasteiger partial charge in [0.25, 0.3) is 0 Å². The van der Waals surface area contributed by atoms with Crippen LogP contribution in [-0.2, 0) is 4.79 Å². The second-order valence-corrected chi connectivity index (χ2v) is 5.74. The van der Waals surface area contributed by atoms with Crippen molar-refractivity contribution in [1.82, 2.24) is 10.2 Å². The van der Waals surface area contributed by atoms with Crippen molar-refractivity contribution >= 4 is 23.1 Å². The number of rotatable bonds is 9. The molecule has 0 aromatic rings. The Bertz CT molecular complexity index is 279. The Labute approximate surface area is 116 Å². The maximum absolute atomic E-state index is 11.4. The van der Waals surface area contributed by atoms with Gasteiger partial charge in [0, 0.05) is 12.5 Å². The standard InChI is InChI=1S/C13H27N3OS/c1-5-8-16(10-11(17)15-4)9-6-7-13(2,3)12(14)18/h5-10H2,1-4H3,(H2,14,18)(H,15,17). The molecule has 0 heterocycles. The van der Waals surface area contributed by atoms with E-state index in [0.29, 0.717) is 11.5 Å². The van der Waals surface area contributed by atoms with Crippen LogP contribution in [0.5, 0.6) is 0 Å². The van der Waals surface area contributed by atoms with Gasteiger partial charge in [-0.15, -0.1) is 0 Å². The second-order valence-electron chi connectivity index (χ2n) is 5.30. The largest absolute Gasteiger partial charge is 0.393 e. The smallest absolute Gasteiger partial charge is 0.233 e. The van der Waals surface area contributed by atoms with E-state index in [4.69, 9.17) is 18.0 Å². The fraction of sp³-hybridized carbons (Fsp3) is 0.846. The summed E-state index contributed by atoms with van der Waals surface area (Å²) in [5.41, 5.74) is 5.60. The molecule has 0 aliphatic carbocycles. The summed E-state index contributed by atoms with van der Waals surface area (Å²) in [6.07, 6.45) is 3.01. The maximum atomic E-state index is 11.4. The molecule has 0 spiro atoms. The van der Waals surface area contributed by atoms with E-state index in [1.807, 2.05) is 0 Å². The van der Waals surface area contributed by atoms with Gasteiger partial charge in [0.05, 0.1) is 11.5 Å². The number of hydrogen-bond acceptors (Lipinski definition) is 3. The minimum atomic E-state index is -0.0970. The first kappa shape index (κ1) is 17.3. The fourth-order valence-corrected chi connectivity index (χ4v) is 1.84. The number of nitrogens with two attached hydrogens (primary N) is 1. The number of nitrogens with zero attached hydrogens (tertiary/aromatic N) is 1. The third-order valence-electron chi connectivity index (χ3n) is 3.13. The van der Waals surface area contributed by atoms with Crippen LogP contribution in [0.25, 0.3) is 0 Å². The molecule has 0 bridgehead atoms. The summed E-state index contributed by atoms with van der Waals surface area (Å²) in [4.78, 5) is 14.1. The minimum Gasteiger partial charge on any atom is -0.393 e. The first-order valence-electron chi connectivity index (χ1n) is 6.56. The van der Waals surface area contributed by atoms with Crippen molar-refractivity contribution < 1.29 is 4.79 Å². The van der Waals surface area contributed by atoms with Gasteiger partial charge in [0.15, 0.2) is 0 Å². The average molecular weight is 273 g/mol. The summed E-state index contributed by atoms with van der Waals surface area (Å²) in [6.45, 7) is 8.58. The molecule has 0 aliphatic heterocycles. The summed E-state index contributed by atoms with van der Waals surface area (Å²) in [5, 5.41) is 2.66. The highest BCUT2D eigenvalue weighted by atomic mass is 32.1. The molecule has 0 unspecified atom stereocenters. The Hall–Kier alpha value is -0.680.